The molecule has 5 heteroatoms. The molecule has 0 aromatic heterocycles. The lowest BCUT2D eigenvalue weighted by Gasteiger charge is -2.15. The number of unbranched alkanes of at least 4 members (excludes halogenated alkanes) is 10. The molecule has 0 aromatic rings. The van der Waals surface area contributed by atoms with Crippen molar-refractivity contribution in [2.75, 3.05) is 13.2 Å². The number of aliphatic hydroxyl groups excluding tert-OH is 1. The largest absolute Gasteiger partial charge is 0.462 e. The Morgan fingerprint density at radius 3 is 0.941 bits per heavy atom. The quantitative estimate of drug-likeness (QED) is 0.0374. The van der Waals surface area contributed by atoms with Crippen molar-refractivity contribution < 1.29 is 24.2 Å². The van der Waals surface area contributed by atoms with Gasteiger partial charge in [0.25, 0.3) is 0 Å². The van der Waals surface area contributed by atoms with Crippen molar-refractivity contribution in [3.8, 4) is 0 Å². The van der Waals surface area contributed by atoms with Crippen LogP contribution in [0.25, 0.3) is 0 Å². The van der Waals surface area contributed by atoms with E-state index in [-0.39, 0.29) is 31.6 Å². The fourth-order valence-corrected chi connectivity index (χ4v) is 6.60. The summed E-state index contributed by atoms with van der Waals surface area (Å²) < 4.78 is 10.6. The molecule has 0 saturated heterocycles. The highest BCUT2D eigenvalue weighted by molar-refractivity contribution is 5.70. The van der Waals surface area contributed by atoms with Gasteiger partial charge < -0.3 is 14.6 Å². The van der Waals surface area contributed by atoms with Crippen LogP contribution in [0.1, 0.15) is 194 Å². The smallest absolute Gasteiger partial charge is 0.306 e. The van der Waals surface area contributed by atoms with E-state index in [0.29, 0.717) is 12.8 Å². The fourth-order valence-electron chi connectivity index (χ4n) is 6.60. The average Bonchev–Trinajstić information content (AvgIpc) is 3.34. The standard InChI is InChI=1S/C63H96O5/c1-3-5-7-9-11-13-15-17-18-19-20-21-22-23-24-25-26-27-28-29-30-31-32-33-34-35-36-37-38-39-40-41-42-43-44-46-48-50-52-54-56-58-63(66)68-61(59-64)60-67-62(65)57-55-53-51-49-47-45-16-14-12-10-8-6-4-2/h5-8,11-14,17-18,20-21,23-24,26-27,29-30,32-33,35-36,38-39,45,47,51,53,61,64H,3-4,9-10,15-16,19,22,25,28,31,34,37,40-44,46,48-50,52,54-60H2,1-2H3/b7-5-,8-6-,13-11-,14-12-,18-17-,21-20-,24-23-,27-26-,30-29-,33-32-,36-35-,39-38-,47-45-,53-51-. The predicted molar refractivity (Wildman–Crippen MR) is 297 cm³/mol. The van der Waals surface area contributed by atoms with E-state index in [2.05, 4.69) is 172 Å². The molecule has 0 amide bonds. The lowest BCUT2D eigenvalue weighted by Crippen LogP contribution is -2.28. The average molecular weight is 933 g/mol. The molecule has 0 aliphatic heterocycles. The second kappa shape index (κ2) is 56.6. The number of rotatable bonds is 46. The van der Waals surface area contributed by atoms with Crippen LogP contribution in [-0.4, -0.2) is 36.4 Å². The molecule has 0 heterocycles. The highest BCUT2D eigenvalue weighted by atomic mass is 16.6. The Bertz CT molecular complexity index is 1570. The number of aliphatic hydroxyl groups is 1. The van der Waals surface area contributed by atoms with Crippen molar-refractivity contribution in [1.82, 2.24) is 0 Å². The van der Waals surface area contributed by atoms with Crippen LogP contribution in [0.5, 0.6) is 0 Å². The van der Waals surface area contributed by atoms with Gasteiger partial charge in [-0.15, -0.1) is 0 Å². The molecule has 0 spiro atoms. The van der Waals surface area contributed by atoms with E-state index in [9.17, 15) is 14.7 Å². The normalized spacial score (nSPS) is 13.6. The summed E-state index contributed by atoms with van der Waals surface area (Å²) in [4.78, 5) is 24.3. The summed E-state index contributed by atoms with van der Waals surface area (Å²) in [7, 11) is 0. The number of hydrogen-bond donors (Lipinski definition) is 1. The van der Waals surface area contributed by atoms with Gasteiger partial charge in [-0.05, 0) is 116 Å². The van der Waals surface area contributed by atoms with Gasteiger partial charge in [0.1, 0.15) is 6.61 Å². The number of carbonyl (C=O) groups excluding carboxylic acids is 2. The maximum atomic E-state index is 12.3. The summed E-state index contributed by atoms with van der Waals surface area (Å²) in [6.07, 6.45) is 89.1. The second-order valence-corrected chi connectivity index (χ2v) is 16.8. The first-order valence-electron chi connectivity index (χ1n) is 26.7. The van der Waals surface area contributed by atoms with Gasteiger partial charge >= 0.3 is 11.9 Å². The van der Waals surface area contributed by atoms with Gasteiger partial charge in [-0.2, -0.15) is 0 Å². The minimum absolute atomic E-state index is 0.116. The number of allylic oxidation sites excluding steroid dienone is 28. The Morgan fingerprint density at radius 2 is 0.618 bits per heavy atom. The molecule has 0 aliphatic carbocycles. The van der Waals surface area contributed by atoms with Crippen LogP contribution < -0.4 is 0 Å². The van der Waals surface area contributed by atoms with Crippen molar-refractivity contribution >= 4 is 11.9 Å². The zero-order chi connectivity index (χ0) is 49.2. The third-order valence-electron chi connectivity index (χ3n) is 10.5. The van der Waals surface area contributed by atoms with E-state index in [0.717, 1.165) is 109 Å². The van der Waals surface area contributed by atoms with Crippen molar-refractivity contribution in [3.05, 3.63) is 170 Å². The third kappa shape index (κ3) is 53.9. The van der Waals surface area contributed by atoms with Gasteiger partial charge in [-0.3, -0.25) is 9.59 Å². The first-order valence-corrected chi connectivity index (χ1v) is 26.7. The van der Waals surface area contributed by atoms with Crippen LogP contribution in [0.4, 0.5) is 0 Å². The van der Waals surface area contributed by atoms with E-state index in [1.54, 1.807) is 0 Å². The Balaban J connectivity index is 3.64. The molecule has 68 heavy (non-hydrogen) atoms. The van der Waals surface area contributed by atoms with E-state index < -0.39 is 6.10 Å². The molecule has 1 unspecified atom stereocenters. The lowest BCUT2D eigenvalue weighted by atomic mass is 10.0. The molecular weight excluding hydrogens is 837 g/mol. The zero-order valence-electron chi connectivity index (χ0n) is 43.0. The van der Waals surface area contributed by atoms with E-state index in [4.69, 9.17) is 9.47 Å². The monoisotopic (exact) mass is 933 g/mol. The lowest BCUT2D eigenvalue weighted by molar-refractivity contribution is -0.161. The Labute approximate surface area is 417 Å². The summed E-state index contributed by atoms with van der Waals surface area (Å²) in [6, 6.07) is 0. The van der Waals surface area contributed by atoms with Crippen LogP contribution in [0, 0.1) is 0 Å². The first-order chi connectivity index (χ1) is 33.6. The van der Waals surface area contributed by atoms with Gasteiger partial charge in [0.2, 0.25) is 0 Å². The number of hydrogen-bond acceptors (Lipinski definition) is 5. The van der Waals surface area contributed by atoms with Gasteiger partial charge in [-0.1, -0.05) is 235 Å². The maximum absolute atomic E-state index is 12.3. The van der Waals surface area contributed by atoms with E-state index in [1.807, 2.05) is 12.2 Å². The Kier molecular flexibility index (Phi) is 52.6. The molecule has 5 nitrogen and oxygen atoms in total. The molecule has 0 aromatic carbocycles. The topological polar surface area (TPSA) is 72.8 Å². The maximum Gasteiger partial charge on any atom is 0.306 e. The van der Waals surface area contributed by atoms with Gasteiger partial charge in [-0.25, -0.2) is 0 Å². The molecule has 0 radical (unpaired) electrons. The second-order valence-electron chi connectivity index (χ2n) is 16.8. The summed E-state index contributed by atoms with van der Waals surface area (Å²) in [5, 5.41) is 9.59. The third-order valence-corrected chi connectivity index (χ3v) is 10.5. The highest BCUT2D eigenvalue weighted by Crippen LogP contribution is 2.13. The number of carbonyl (C=O) groups is 2. The molecule has 1 atom stereocenters. The van der Waals surface area contributed by atoms with Crippen molar-refractivity contribution in [3.63, 3.8) is 0 Å². The van der Waals surface area contributed by atoms with Crippen molar-refractivity contribution in [2.45, 2.75) is 200 Å². The van der Waals surface area contributed by atoms with Crippen LogP contribution >= 0.6 is 0 Å². The molecule has 0 bridgehead atoms. The molecule has 0 rings (SSSR count). The molecule has 0 saturated carbocycles. The molecule has 0 aliphatic rings. The molecular formula is C63H96O5. The van der Waals surface area contributed by atoms with E-state index in [1.165, 1.54) is 51.4 Å². The molecule has 378 valence electrons. The fraction of sp³-hybridized carbons (Fsp3) is 0.524. The predicted octanol–water partition coefficient (Wildman–Crippen LogP) is 18.2. The summed E-state index contributed by atoms with van der Waals surface area (Å²) in [5.41, 5.74) is 0. The number of ether oxygens (including phenoxy) is 2. The van der Waals surface area contributed by atoms with Crippen molar-refractivity contribution in [1.29, 1.82) is 0 Å². The SMILES string of the molecule is CC/C=C\C/C=C\C/C=C\C/C=C\C/C=C\C/C=C\C/C=C\C/C=C\C/C=C\C/C=C\CCCCCCCCCCCCC(=O)OC(CO)COC(=O)CC/C=C\C/C=C\C/C=C\C/C=C\CC. The van der Waals surface area contributed by atoms with Gasteiger partial charge in [0.15, 0.2) is 6.10 Å². The minimum Gasteiger partial charge on any atom is -0.462 e. The van der Waals surface area contributed by atoms with Crippen LogP contribution in [-0.2, 0) is 19.1 Å². The Hall–Kier alpha value is -4.74. The molecule has 1 N–H and O–H groups in total. The Morgan fingerprint density at radius 1 is 0.338 bits per heavy atom. The summed E-state index contributed by atoms with van der Waals surface area (Å²) in [6.45, 7) is 3.82. The first kappa shape index (κ1) is 63.3. The van der Waals surface area contributed by atoms with Crippen LogP contribution in [0.3, 0.4) is 0 Å². The van der Waals surface area contributed by atoms with Crippen LogP contribution in [0.15, 0.2) is 170 Å². The number of esters is 2. The summed E-state index contributed by atoms with van der Waals surface area (Å²) in [5.74, 6) is -0.705. The zero-order valence-corrected chi connectivity index (χ0v) is 43.0. The molecule has 0 fully saturated rings. The van der Waals surface area contributed by atoms with E-state index >= 15 is 0 Å². The minimum atomic E-state index is -0.814. The van der Waals surface area contributed by atoms with Crippen molar-refractivity contribution in [2.24, 2.45) is 0 Å². The van der Waals surface area contributed by atoms with Crippen LogP contribution in [0.2, 0.25) is 0 Å². The highest BCUT2D eigenvalue weighted by Gasteiger charge is 2.16. The summed E-state index contributed by atoms with van der Waals surface area (Å²) >= 11 is 0. The van der Waals surface area contributed by atoms with Gasteiger partial charge in [0.05, 0.1) is 6.61 Å². The van der Waals surface area contributed by atoms with Gasteiger partial charge in [0, 0.05) is 12.8 Å².